The average Bonchev–Trinajstić information content (AvgIpc) is 2.40. The molecule has 1 heterocycles. The highest BCUT2D eigenvalue weighted by atomic mass is 16.4. The Morgan fingerprint density at radius 1 is 1.24 bits per heavy atom. The Labute approximate surface area is 125 Å². The van der Waals surface area contributed by atoms with E-state index in [-0.39, 0.29) is 17.0 Å². The maximum Gasteiger partial charge on any atom is 0.336 e. The number of hydrogen-bond acceptors (Lipinski definition) is 2. The molecule has 114 valence electrons. The first-order valence-electron chi connectivity index (χ1n) is 7.18. The number of urea groups is 1. The molecule has 5 heteroatoms. The maximum atomic E-state index is 12.2. The maximum absolute atomic E-state index is 12.2. The van der Waals surface area contributed by atoms with Gasteiger partial charge >= 0.3 is 12.0 Å². The number of amides is 2. The van der Waals surface area contributed by atoms with Crippen LogP contribution in [0.15, 0.2) is 18.2 Å². The molecule has 1 fully saturated rings. The van der Waals surface area contributed by atoms with Crippen molar-refractivity contribution >= 4 is 17.7 Å². The van der Waals surface area contributed by atoms with Gasteiger partial charge in [-0.3, -0.25) is 0 Å². The van der Waals surface area contributed by atoms with E-state index in [2.05, 4.69) is 19.2 Å². The summed E-state index contributed by atoms with van der Waals surface area (Å²) < 4.78 is 0. The lowest BCUT2D eigenvalue weighted by molar-refractivity contribution is 0.0696. The minimum absolute atomic E-state index is 0.161. The number of carbonyl (C=O) groups is 2. The van der Waals surface area contributed by atoms with Crippen molar-refractivity contribution in [1.82, 2.24) is 4.90 Å². The summed E-state index contributed by atoms with van der Waals surface area (Å²) in [6.45, 7) is 7.62. The van der Waals surface area contributed by atoms with Crippen molar-refractivity contribution in [2.75, 3.05) is 18.4 Å². The molecular weight excluding hydrogens is 268 g/mol. The number of anilines is 1. The summed E-state index contributed by atoms with van der Waals surface area (Å²) in [6.07, 6.45) is 1.96. The smallest absolute Gasteiger partial charge is 0.336 e. The molecule has 0 radical (unpaired) electrons. The Balaban J connectivity index is 2.03. The van der Waals surface area contributed by atoms with E-state index >= 15 is 0 Å². The number of aromatic carboxylic acids is 1. The van der Waals surface area contributed by atoms with Crippen molar-refractivity contribution in [3.63, 3.8) is 0 Å². The molecule has 1 aromatic rings. The molecule has 0 atom stereocenters. The zero-order chi connectivity index (χ0) is 15.6. The van der Waals surface area contributed by atoms with Crippen molar-refractivity contribution in [2.24, 2.45) is 5.41 Å². The number of rotatable bonds is 2. The van der Waals surface area contributed by atoms with Gasteiger partial charge in [-0.15, -0.1) is 0 Å². The molecule has 1 aromatic carbocycles. The number of likely N-dealkylation sites (tertiary alicyclic amines) is 1. The molecule has 5 nitrogen and oxygen atoms in total. The number of benzene rings is 1. The van der Waals surface area contributed by atoms with E-state index in [9.17, 15) is 9.59 Å². The van der Waals surface area contributed by atoms with Gasteiger partial charge in [0.05, 0.1) is 5.56 Å². The van der Waals surface area contributed by atoms with E-state index < -0.39 is 5.97 Å². The Morgan fingerprint density at radius 2 is 1.86 bits per heavy atom. The second kappa shape index (κ2) is 5.76. The van der Waals surface area contributed by atoms with E-state index in [0.29, 0.717) is 11.3 Å². The van der Waals surface area contributed by atoms with Crippen LogP contribution in [0.2, 0.25) is 0 Å². The first-order chi connectivity index (χ1) is 9.78. The largest absolute Gasteiger partial charge is 0.478 e. The molecule has 2 N–H and O–H groups in total. The number of piperidine rings is 1. The van der Waals surface area contributed by atoms with Crippen LogP contribution in [0, 0.1) is 12.3 Å². The SMILES string of the molecule is Cc1ccc(NC(=O)N2CCC(C)(C)CC2)cc1C(=O)O. The van der Waals surface area contributed by atoms with Crippen molar-refractivity contribution in [1.29, 1.82) is 0 Å². The highest BCUT2D eigenvalue weighted by Crippen LogP contribution is 2.30. The molecule has 0 spiro atoms. The lowest BCUT2D eigenvalue weighted by Crippen LogP contribution is -2.43. The van der Waals surface area contributed by atoms with Gasteiger partial charge in [0.15, 0.2) is 0 Å². The third-order valence-corrected chi connectivity index (χ3v) is 4.12. The lowest BCUT2D eigenvalue weighted by atomic mass is 9.83. The zero-order valence-corrected chi connectivity index (χ0v) is 12.8. The molecule has 0 aliphatic carbocycles. The zero-order valence-electron chi connectivity index (χ0n) is 12.8. The summed E-state index contributed by atoms with van der Waals surface area (Å²) in [5.74, 6) is -0.983. The van der Waals surface area contributed by atoms with Crippen molar-refractivity contribution < 1.29 is 14.7 Å². The number of carboxylic acid groups (broad SMARTS) is 1. The van der Waals surface area contributed by atoms with Crippen LogP contribution >= 0.6 is 0 Å². The topological polar surface area (TPSA) is 69.6 Å². The second-order valence-corrected chi connectivity index (χ2v) is 6.42. The molecule has 1 aliphatic rings. The highest BCUT2D eigenvalue weighted by Gasteiger charge is 2.27. The van der Waals surface area contributed by atoms with Gasteiger partial charge in [0, 0.05) is 18.8 Å². The standard InChI is InChI=1S/C16H22N2O3/c1-11-4-5-12(10-13(11)14(19)20)17-15(21)18-8-6-16(2,3)7-9-18/h4-5,10H,6-9H2,1-3H3,(H,17,21)(H,19,20). The minimum atomic E-state index is -0.983. The number of nitrogens with one attached hydrogen (secondary N) is 1. The molecule has 1 aliphatic heterocycles. The van der Waals surface area contributed by atoms with Crippen LogP contribution in [-0.4, -0.2) is 35.1 Å². The monoisotopic (exact) mass is 290 g/mol. The van der Waals surface area contributed by atoms with Gasteiger partial charge in [0.25, 0.3) is 0 Å². The Hall–Kier alpha value is -2.04. The molecule has 0 saturated carbocycles. The molecule has 0 aromatic heterocycles. The van der Waals surface area contributed by atoms with E-state index in [1.807, 2.05) is 0 Å². The Kier molecular flexibility index (Phi) is 4.21. The second-order valence-electron chi connectivity index (χ2n) is 6.42. The van der Waals surface area contributed by atoms with E-state index in [1.54, 1.807) is 24.0 Å². The number of carbonyl (C=O) groups excluding carboxylic acids is 1. The summed E-state index contributed by atoms with van der Waals surface area (Å²) >= 11 is 0. The predicted molar refractivity (Wildman–Crippen MR) is 81.7 cm³/mol. The molecule has 2 rings (SSSR count). The van der Waals surface area contributed by atoms with Gasteiger partial charge < -0.3 is 15.3 Å². The molecule has 1 saturated heterocycles. The number of aryl methyl sites for hydroxylation is 1. The minimum Gasteiger partial charge on any atom is -0.478 e. The van der Waals surface area contributed by atoms with Crippen LogP contribution in [0.25, 0.3) is 0 Å². The van der Waals surface area contributed by atoms with Crippen LogP contribution in [0.1, 0.15) is 42.6 Å². The molecule has 21 heavy (non-hydrogen) atoms. The molecule has 2 amide bonds. The number of carboxylic acids is 1. The fourth-order valence-corrected chi connectivity index (χ4v) is 2.45. The van der Waals surface area contributed by atoms with E-state index in [0.717, 1.165) is 25.9 Å². The third kappa shape index (κ3) is 3.74. The van der Waals surface area contributed by atoms with Crippen LogP contribution in [0.3, 0.4) is 0 Å². The van der Waals surface area contributed by atoms with Gasteiger partial charge in [-0.25, -0.2) is 9.59 Å². The van der Waals surface area contributed by atoms with Crippen molar-refractivity contribution in [2.45, 2.75) is 33.6 Å². The van der Waals surface area contributed by atoms with Crippen LogP contribution in [0.5, 0.6) is 0 Å². The van der Waals surface area contributed by atoms with Gasteiger partial charge in [-0.1, -0.05) is 19.9 Å². The van der Waals surface area contributed by atoms with E-state index in [4.69, 9.17) is 5.11 Å². The molecular formula is C16H22N2O3. The van der Waals surface area contributed by atoms with Crippen LogP contribution in [0.4, 0.5) is 10.5 Å². The Bertz CT molecular complexity index is 557. The summed E-state index contributed by atoms with van der Waals surface area (Å²) in [4.78, 5) is 25.1. The van der Waals surface area contributed by atoms with Crippen molar-refractivity contribution in [3.8, 4) is 0 Å². The fraction of sp³-hybridized carbons (Fsp3) is 0.500. The van der Waals surface area contributed by atoms with Crippen LogP contribution in [-0.2, 0) is 0 Å². The quantitative estimate of drug-likeness (QED) is 0.877. The average molecular weight is 290 g/mol. The van der Waals surface area contributed by atoms with Gasteiger partial charge in [0.2, 0.25) is 0 Å². The highest BCUT2D eigenvalue weighted by molar-refractivity contribution is 5.94. The van der Waals surface area contributed by atoms with E-state index in [1.165, 1.54) is 6.07 Å². The predicted octanol–water partition coefficient (Wildman–Crippen LogP) is 3.35. The van der Waals surface area contributed by atoms with Gasteiger partial charge in [-0.2, -0.15) is 0 Å². The number of hydrogen-bond donors (Lipinski definition) is 2. The summed E-state index contributed by atoms with van der Waals surface area (Å²) in [6, 6.07) is 4.78. The number of nitrogens with zero attached hydrogens (tertiary/aromatic N) is 1. The third-order valence-electron chi connectivity index (χ3n) is 4.12. The van der Waals surface area contributed by atoms with Crippen LogP contribution < -0.4 is 5.32 Å². The fourth-order valence-electron chi connectivity index (χ4n) is 2.45. The summed E-state index contributed by atoms with van der Waals surface area (Å²) in [5, 5.41) is 11.9. The molecule has 0 bridgehead atoms. The Morgan fingerprint density at radius 3 is 2.43 bits per heavy atom. The normalized spacial score (nSPS) is 17.4. The summed E-state index contributed by atoms with van der Waals surface area (Å²) in [5.41, 5.74) is 1.71. The first kappa shape index (κ1) is 15.4. The van der Waals surface area contributed by atoms with Gasteiger partial charge in [-0.05, 0) is 42.9 Å². The van der Waals surface area contributed by atoms with Gasteiger partial charge in [0.1, 0.15) is 0 Å². The van der Waals surface area contributed by atoms with Crippen molar-refractivity contribution in [3.05, 3.63) is 29.3 Å². The molecule has 0 unspecified atom stereocenters. The summed E-state index contributed by atoms with van der Waals surface area (Å²) in [7, 11) is 0. The lowest BCUT2D eigenvalue weighted by Gasteiger charge is -2.36. The first-order valence-corrected chi connectivity index (χ1v) is 7.18.